The molecular weight excluding hydrogens is 458 g/mol. The van der Waals surface area contributed by atoms with E-state index in [0.717, 1.165) is 5.56 Å². The largest absolute Gasteiger partial charge is 0.389 e. The molecule has 0 bridgehead atoms. The van der Waals surface area contributed by atoms with Crippen LogP contribution in [0.1, 0.15) is 33.7 Å². The van der Waals surface area contributed by atoms with Gasteiger partial charge in [-0.2, -0.15) is 10.5 Å². The lowest BCUT2D eigenvalue weighted by molar-refractivity contribution is -0.142. The van der Waals surface area contributed by atoms with Crippen LogP contribution in [0, 0.1) is 28.6 Å². The number of fused-ring (bicyclic) bond motifs is 3. The number of hydrogen-bond donors (Lipinski definition) is 2. The first kappa shape index (κ1) is 23.1. The molecule has 1 saturated carbocycles. The Hall–Kier alpha value is -3.62. The van der Waals surface area contributed by atoms with Crippen LogP contribution in [0.4, 0.5) is 0 Å². The molecule has 5 rings (SSSR count). The number of nitriles is 2. The van der Waals surface area contributed by atoms with Crippen molar-refractivity contribution in [2.75, 3.05) is 14.1 Å². The van der Waals surface area contributed by atoms with Gasteiger partial charge in [0.15, 0.2) is 0 Å². The maximum Gasteiger partial charge on any atom is 0.228 e. The summed E-state index contributed by atoms with van der Waals surface area (Å²) >= 11 is 1.37. The normalized spacial score (nSPS) is 28.5. The average Bonchev–Trinajstić information content (AvgIpc) is 3.26. The van der Waals surface area contributed by atoms with E-state index < -0.39 is 28.3 Å². The molecule has 174 valence electrons. The lowest BCUT2D eigenvalue weighted by atomic mass is 9.72. The molecule has 1 amide bonds. The second-order valence-corrected chi connectivity index (χ2v) is 10.5. The molecule has 0 saturated heterocycles. The number of aliphatic hydroxyl groups excluding tert-OH is 1. The highest BCUT2D eigenvalue weighted by Crippen LogP contribution is 2.74. The summed E-state index contributed by atoms with van der Waals surface area (Å²) in [5.74, 6) is -1.81. The van der Waals surface area contributed by atoms with E-state index in [4.69, 9.17) is 0 Å². The average molecular weight is 482 g/mol. The van der Waals surface area contributed by atoms with Crippen molar-refractivity contribution in [3.8, 4) is 12.1 Å². The predicted molar refractivity (Wildman–Crippen MR) is 131 cm³/mol. The number of benzene rings is 3. The molecular formula is C28H23N3O3S. The highest BCUT2D eigenvalue weighted by molar-refractivity contribution is 8.00. The van der Waals surface area contributed by atoms with Crippen LogP contribution in [0.15, 0.2) is 77.7 Å². The quantitative estimate of drug-likeness (QED) is 0.593. The minimum Gasteiger partial charge on any atom is -0.389 e. The number of carbonyl (C=O) groups is 1. The van der Waals surface area contributed by atoms with Gasteiger partial charge >= 0.3 is 0 Å². The summed E-state index contributed by atoms with van der Waals surface area (Å²) in [5.41, 5.74) is 1.09. The number of hydrogen-bond acceptors (Lipinski definition) is 6. The van der Waals surface area contributed by atoms with Crippen molar-refractivity contribution < 1.29 is 15.0 Å². The van der Waals surface area contributed by atoms with Crippen molar-refractivity contribution in [3.63, 3.8) is 0 Å². The van der Waals surface area contributed by atoms with E-state index in [-0.39, 0.29) is 5.91 Å². The monoisotopic (exact) mass is 481 g/mol. The van der Waals surface area contributed by atoms with Crippen molar-refractivity contribution in [2.24, 2.45) is 5.92 Å². The van der Waals surface area contributed by atoms with E-state index in [2.05, 4.69) is 12.1 Å². The molecule has 35 heavy (non-hydrogen) atoms. The standard InChI is InChI=1S/C28H23N3O3S/c1-31(2)26(33)23-24(19-6-4-3-5-7-19)28(20-11-8-17(15-29)9-12-20)27(34,25(23)32)21-13-10-18(16-30)14-22(21)35-28/h3-14,23-25,32,34H,1-2H3/t23-,24-,25-,27+,28+/m1/s1. The van der Waals surface area contributed by atoms with Gasteiger partial charge in [0.1, 0.15) is 11.7 Å². The van der Waals surface area contributed by atoms with Crippen molar-refractivity contribution in [2.45, 2.75) is 27.3 Å². The molecule has 6 nitrogen and oxygen atoms in total. The molecule has 7 heteroatoms. The number of aliphatic hydroxyl groups is 2. The fourth-order valence-corrected chi connectivity index (χ4v) is 7.66. The maximum absolute atomic E-state index is 13.6. The van der Waals surface area contributed by atoms with Crippen molar-refractivity contribution in [3.05, 3.63) is 101 Å². The molecule has 1 fully saturated rings. The minimum absolute atomic E-state index is 0.280. The van der Waals surface area contributed by atoms with Crippen LogP contribution in [0.5, 0.6) is 0 Å². The van der Waals surface area contributed by atoms with E-state index in [9.17, 15) is 25.5 Å². The summed E-state index contributed by atoms with van der Waals surface area (Å²) in [5, 5.41) is 43.3. The van der Waals surface area contributed by atoms with Crippen LogP contribution in [-0.4, -0.2) is 41.2 Å². The topological polar surface area (TPSA) is 108 Å². The Kier molecular flexibility index (Phi) is 5.45. The first-order chi connectivity index (χ1) is 16.8. The van der Waals surface area contributed by atoms with Crippen molar-refractivity contribution in [1.82, 2.24) is 4.90 Å². The molecule has 1 heterocycles. The third-order valence-electron chi connectivity index (χ3n) is 7.25. The predicted octanol–water partition coefficient (Wildman–Crippen LogP) is 3.48. The van der Waals surface area contributed by atoms with Crippen molar-refractivity contribution in [1.29, 1.82) is 10.5 Å². The van der Waals surface area contributed by atoms with Gasteiger partial charge in [0.05, 0.1) is 33.9 Å². The second kappa shape index (κ2) is 8.25. The van der Waals surface area contributed by atoms with Crippen molar-refractivity contribution >= 4 is 17.7 Å². The number of nitrogens with zero attached hydrogens (tertiary/aromatic N) is 3. The molecule has 0 unspecified atom stereocenters. The van der Waals surface area contributed by atoms with Crippen LogP contribution in [-0.2, 0) is 15.1 Å². The SMILES string of the molecule is CN(C)C(=O)[C@H]1[C@@H](O)[C@@]2(O)c3ccc(C#N)cc3S[C@@]2(c2ccc(C#N)cc2)[C@@H]1c1ccccc1. The van der Waals surface area contributed by atoms with Crippen LogP contribution >= 0.6 is 11.8 Å². The fourth-order valence-electron chi connectivity index (χ4n) is 5.75. The highest BCUT2D eigenvalue weighted by Gasteiger charge is 2.75. The molecule has 1 aliphatic heterocycles. The first-order valence-corrected chi connectivity index (χ1v) is 12.0. The van der Waals surface area contributed by atoms with Crippen LogP contribution in [0.2, 0.25) is 0 Å². The Balaban J connectivity index is 1.86. The highest BCUT2D eigenvalue weighted by atomic mass is 32.2. The number of rotatable bonds is 3. The fraction of sp³-hybridized carbons (Fsp3) is 0.250. The van der Waals surface area contributed by atoms with Gasteiger partial charge in [-0.05, 0) is 35.4 Å². The summed E-state index contributed by atoms with van der Waals surface area (Å²) in [6, 6.07) is 25.7. The molecule has 2 N–H and O–H groups in total. The van der Waals surface area contributed by atoms with Gasteiger partial charge in [0, 0.05) is 30.5 Å². The number of carbonyl (C=O) groups excluding carboxylic acids is 1. The van der Waals surface area contributed by atoms with Gasteiger partial charge in [-0.1, -0.05) is 48.5 Å². The molecule has 1 aliphatic carbocycles. The van der Waals surface area contributed by atoms with Gasteiger partial charge in [-0.15, -0.1) is 11.8 Å². The van der Waals surface area contributed by atoms with Gasteiger partial charge in [-0.25, -0.2) is 0 Å². The summed E-state index contributed by atoms with van der Waals surface area (Å²) in [4.78, 5) is 15.7. The van der Waals surface area contributed by atoms with E-state index in [1.54, 1.807) is 56.6 Å². The van der Waals surface area contributed by atoms with Crippen LogP contribution in [0.3, 0.4) is 0 Å². The zero-order valence-electron chi connectivity index (χ0n) is 19.2. The number of amides is 1. The number of thioether (sulfide) groups is 1. The zero-order valence-corrected chi connectivity index (χ0v) is 20.0. The first-order valence-electron chi connectivity index (χ1n) is 11.2. The van der Waals surface area contributed by atoms with Crippen LogP contribution < -0.4 is 0 Å². The summed E-state index contributed by atoms with van der Waals surface area (Å²) in [6.45, 7) is 0. The van der Waals surface area contributed by atoms with Gasteiger partial charge < -0.3 is 15.1 Å². The van der Waals surface area contributed by atoms with E-state index in [1.807, 2.05) is 30.3 Å². The Labute approximate surface area is 208 Å². The minimum atomic E-state index is -1.83. The molecule has 3 aromatic rings. The summed E-state index contributed by atoms with van der Waals surface area (Å²) in [6.07, 6.45) is -1.42. The molecule has 0 spiro atoms. The third-order valence-corrected chi connectivity index (χ3v) is 8.93. The van der Waals surface area contributed by atoms with E-state index in [1.165, 1.54) is 16.7 Å². The zero-order chi connectivity index (χ0) is 25.0. The lowest BCUT2D eigenvalue weighted by Crippen LogP contribution is -2.48. The Morgan fingerprint density at radius 1 is 0.971 bits per heavy atom. The Morgan fingerprint density at radius 2 is 1.60 bits per heavy atom. The summed E-state index contributed by atoms with van der Waals surface area (Å²) < 4.78 is -1.19. The van der Waals surface area contributed by atoms with Gasteiger partial charge in [0.2, 0.25) is 5.91 Å². The molecule has 0 aromatic heterocycles. The lowest BCUT2D eigenvalue weighted by Gasteiger charge is -2.41. The smallest absolute Gasteiger partial charge is 0.228 e. The molecule has 0 radical (unpaired) electrons. The van der Waals surface area contributed by atoms with Gasteiger partial charge in [0.25, 0.3) is 0 Å². The Morgan fingerprint density at radius 3 is 2.20 bits per heavy atom. The van der Waals surface area contributed by atoms with Crippen LogP contribution in [0.25, 0.3) is 0 Å². The maximum atomic E-state index is 13.6. The Bertz CT molecular complexity index is 1390. The van der Waals surface area contributed by atoms with E-state index >= 15 is 0 Å². The third kappa shape index (κ3) is 3.06. The molecule has 2 aliphatic rings. The summed E-state index contributed by atoms with van der Waals surface area (Å²) in [7, 11) is 3.29. The molecule has 3 aromatic carbocycles. The second-order valence-electron chi connectivity index (χ2n) is 9.21. The molecule has 5 atom stereocenters. The van der Waals surface area contributed by atoms with E-state index in [0.29, 0.717) is 27.1 Å². The van der Waals surface area contributed by atoms with Gasteiger partial charge in [-0.3, -0.25) is 4.79 Å².